The zero-order valence-corrected chi connectivity index (χ0v) is 21.1. The number of esters is 1. The van der Waals surface area contributed by atoms with Crippen LogP contribution >= 0.6 is 0 Å². The highest BCUT2D eigenvalue weighted by Crippen LogP contribution is 2.38. The standard InChI is InChI=1S/C26H35NO7S/c1-3-33-26(30)21-11-9-20(10-12-21)19-7-4-18(5-8-19)6-13-22(28)17-34-23-14-15-25(29)24(16-23)27-35(2,31)32/h9-12,14-16,18-19,22,27-29H,3-8,13,17H2,1-2H3/t18?,19?,22-/m0/s1. The molecule has 2 aromatic carbocycles. The minimum absolute atomic E-state index is 0.0341. The van der Waals surface area contributed by atoms with Crippen molar-refractivity contribution >= 4 is 21.7 Å². The van der Waals surface area contributed by atoms with Crippen molar-refractivity contribution in [3.8, 4) is 11.5 Å². The minimum Gasteiger partial charge on any atom is -0.506 e. The highest BCUT2D eigenvalue weighted by atomic mass is 32.2. The maximum absolute atomic E-state index is 11.8. The molecule has 0 amide bonds. The van der Waals surface area contributed by atoms with Crippen LogP contribution in [0, 0.1) is 5.92 Å². The Bertz CT molecular complexity index is 1080. The number of nitrogens with one attached hydrogen (secondary N) is 1. The smallest absolute Gasteiger partial charge is 0.338 e. The largest absolute Gasteiger partial charge is 0.506 e. The van der Waals surface area contributed by atoms with E-state index in [2.05, 4.69) is 4.72 Å². The number of carbonyl (C=O) groups excluding carboxylic acids is 1. The van der Waals surface area contributed by atoms with Gasteiger partial charge in [-0.3, -0.25) is 4.72 Å². The van der Waals surface area contributed by atoms with Crippen molar-refractivity contribution in [1.82, 2.24) is 0 Å². The average Bonchev–Trinajstić information content (AvgIpc) is 2.83. The molecule has 0 radical (unpaired) electrons. The van der Waals surface area contributed by atoms with E-state index in [9.17, 15) is 23.4 Å². The van der Waals surface area contributed by atoms with Crippen molar-refractivity contribution in [3.63, 3.8) is 0 Å². The van der Waals surface area contributed by atoms with Crippen molar-refractivity contribution in [3.05, 3.63) is 53.6 Å². The summed E-state index contributed by atoms with van der Waals surface area (Å²) in [5.74, 6) is 0.914. The highest BCUT2D eigenvalue weighted by molar-refractivity contribution is 7.92. The number of anilines is 1. The van der Waals surface area contributed by atoms with E-state index in [-0.39, 0.29) is 24.0 Å². The fraction of sp³-hybridized carbons (Fsp3) is 0.500. The number of hydrogen-bond acceptors (Lipinski definition) is 7. The van der Waals surface area contributed by atoms with Crippen LogP contribution in [0.3, 0.4) is 0 Å². The molecule has 1 atom stereocenters. The van der Waals surface area contributed by atoms with Gasteiger partial charge in [-0.15, -0.1) is 0 Å². The van der Waals surface area contributed by atoms with Gasteiger partial charge in [0.1, 0.15) is 18.1 Å². The summed E-state index contributed by atoms with van der Waals surface area (Å²) >= 11 is 0. The fourth-order valence-corrected chi connectivity index (χ4v) is 5.04. The molecular formula is C26H35NO7S. The third-order valence-corrected chi connectivity index (χ3v) is 6.94. The van der Waals surface area contributed by atoms with Gasteiger partial charge in [-0.25, -0.2) is 13.2 Å². The van der Waals surface area contributed by atoms with Gasteiger partial charge < -0.3 is 19.7 Å². The Kier molecular flexibility index (Phi) is 9.40. The molecule has 0 saturated heterocycles. The fourth-order valence-electron chi connectivity index (χ4n) is 4.48. The molecule has 3 rings (SSSR count). The van der Waals surface area contributed by atoms with Gasteiger partial charge >= 0.3 is 5.97 Å². The average molecular weight is 506 g/mol. The summed E-state index contributed by atoms with van der Waals surface area (Å²) in [5, 5.41) is 20.2. The number of benzene rings is 2. The van der Waals surface area contributed by atoms with Crippen LogP contribution in [0.2, 0.25) is 0 Å². The lowest BCUT2D eigenvalue weighted by Crippen LogP contribution is -2.20. The molecule has 0 bridgehead atoms. The van der Waals surface area contributed by atoms with Gasteiger partial charge in [-0.05, 0) is 87.1 Å². The molecular weight excluding hydrogens is 470 g/mol. The van der Waals surface area contributed by atoms with Crippen LogP contribution in [-0.2, 0) is 14.8 Å². The van der Waals surface area contributed by atoms with Crippen molar-refractivity contribution < 1.29 is 32.9 Å². The molecule has 1 aliphatic rings. The van der Waals surface area contributed by atoms with Gasteiger partial charge in [-0.1, -0.05) is 12.1 Å². The van der Waals surface area contributed by atoms with Gasteiger partial charge in [0.05, 0.1) is 30.2 Å². The van der Waals surface area contributed by atoms with Crippen LogP contribution in [-0.4, -0.2) is 50.2 Å². The summed E-state index contributed by atoms with van der Waals surface area (Å²) in [7, 11) is -3.53. The van der Waals surface area contributed by atoms with E-state index < -0.39 is 16.1 Å². The third-order valence-electron chi connectivity index (χ3n) is 6.35. The summed E-state index contributed by atoms with van der Waals surface area (Å²) in [4.78, 5) is 11.8. The Morgan fingerprint density at radius 2 is 1.80 bits per heavy atom. The first-order valence-electron chi connectivity index (χ1n) is 12.0. The normalized spacial score (nSPS) is 19.1. The molecule has 0 unspecified atom stereocenters. The summed E-state index contributed by atoms with van der Waals surface area (Å²) in [6.07, 6.45) is 6.25. The summed E-state index contributed by atoms with van der Waals surface area (Å²) in [5.41, 5.74) is 1.87. The lowest BCUT2D eigenvalue weighted by atomic mass is 9.77. The predicted octanol–water partition coefficient (Wildman–Crippen LogP) is 4.43. The lowest BCUT2D eigenvalue weighted by molar-refractivity contribution is 0.0526. The SMILES string of the molecule is CCOC(=O)c1ccc(C2CCC(CC[C@H](O)COc3ccc(O)c(NS(C)(=O)=O)c3)CC2)cc1. The van der Waals surface area contributed by atoms with Gasteiger partial charge in [0, 0.05) is 6.07 Å². The van der Waals surface area contributed by atoms with Crippen LogP contribution in [0.1, 0.15) is 67.3 Å². The Hall–Kier alpha value is -2.78. The second-order valence-electron chi connectivity index (χ2n) is 9.16. The number of phenolic OH excluding ortho intramolecular Hbond substituents is 1. The number of carbonyl (C=O) groups is 1. The molecule has 192 valence electrons. The van der Waals surface area contributed by atoms with Crippen molar-refractivity contribution in [1.29, 1.82) is 0 Å². The molecule has 3 N–H and O–H groups in total. The van der Waals surface area contributed by atoms with E-state index in [4.69, 9.17) is 9.47 Å². The summed E-state index contributed by atoms with van der Waals surface area (Å²) in [6.45, 7) is 2.25. The molecule has 0 aromatic heterocycles. The van der Waals surface area contributed by atoms with E-state index in [1.807, 2.05) is 24.3 Å². The number of aliphatic hydroxyl groups is 1. The molecule has 1 fully saturated rings. The lowest BCUT2D eigenvalue weighted by Gasteiger charge is -2.29. The monoisotopic (exact) mass is 505 g/mol. The maximum atomic E-state index is 11.8. The first-order valence-corrected chi connectivity index (χ1v) is 13.9. The highest BCUT2D eigenvalue weighted by Gasteiger charge is 2.23. The van der Waals surface area contributed by atoms with E-state index in [0.717, 1.165) is 38.4 Å². The number of hydrogen-bond donors (Lipinski definition) is 3. The topological polar surface area (TPSA) is 122 Å². The van der Waals surface area contributed by atoms with Gasteiger partial charge in [0.15, 0.2) is 0 Å². The number of ether oxygens (including phenoxy) is 2. The Balaban J connectivity index is 1.40. The Morgan fingerprint density at radius 1 is 1.11 bits per heavy atom. The molecule has 1 aliphatic carbocycles. The van der Waals surface area contributed by atoms with Crippen LogP contribution in [0.25, 0.3) is 0 Å². The number of rotatable bonds is 11. The quantitative estimate of drug-likeness (QED) is 0.305. The predicted molar refractivity (Wildman–Crippen MR) is 134 cm³/mol. The van der Waals surface area contributed by atoms with E-state index in [1.165, 1.54) is 23.8 Å². The number of sulfonamides is 1. The van der Waals surface area contributed by atoms with E-state index in [1.54, 1.807) is 6.92 Å². The summed E-state index contributed by atoms with van der Waals surface area (Å²) in [6, 6.07) is 12.0. The minimum atomic E-state index is -3.53. The zero-order chi connectivity index (χ0) is 25.4. The van der Waals surface area contributed by atoms with Crippen molar-refractivity contribution in [2.45, 2.75) is 57.5 Å². The van der Waals surface area contributed by atoms with Crippen LogP contribution < -0.4 is 9.46 Å². The number of aliphatic hydroxyl groups excluding tert-OH is 1. The maximum Gasteiger partial charge on any atom is 0.338 e. The zero-order valence-electron chi connectivity index (χ0n) is 20.3. The van der Waals surface area contributed by atoms with Crippen LogP contribution in [0.4, 0.5) is 5.69 Å². The molecule has 9 heteroatoms. The molecule has 2 aromatic rings. The molecule has 0 spiro atoms. The molecule has 35 heavy (non-hydrogen) atoms. The first-order chi connectivity index (χ1) is 16.6. The van der Waals surface area contributed by atoms with Crippen molar-refractivity contribution in [2.75, 3.05) is 24.2 Å². The Labute approximate surface area is 207 Å². The second kappa shape index (κ2) is 12.3. The first kappa shape index (κ1) is 26.8. The Morgan fingerprint density at radius 3 is 2.43 bits per heavy atom. The summed E-state index contributed by atoms with van der Waals surface area (Å²) < 4.78 is 35.7. The van der Waals surface area contributed by atoms with Crippen LogP contribution in [0.15, 0.2) is 42.5 Å². The van der Waals surface area contributed by atoms with Crippen LogP contribution in [0.5, 0.6) is 11.5 Å². The number of aromatic hydroxyl groups is 1. The third kappa shape index (κ3) is 8.43. The van der Waals surface area contributed by atoms with E-state index in [0.29, 0.717) is 36.2 Å². The number of phenols is 1. The molecule has 0 aliphatic heterocycles. The van der Waals surface area contributed by atoms with Gasteiger partial charge in [0.2, 0.25) is 10.0 Å². The van der Waals surface area contributed by atoms with Gasteiger partial charge in [0.25, 0.3) is 0 Å². The molecule has 0 heterocycles. The van der Waals surface area contributed by atoms with Crippen molar-refractivity contribution in [2.24, 2.45) is 5.92 Å². The van der Waals surface area contributed by atoms with Gasteiger partial charge in [-0.2, -0.15) is 0 Å². The molecule has 8 nitrogen and oxygen atoms in total. The molecule has 1 saturated carbocycles. The van der Waals surface area contributed by atoms with E-state index >= 15 is 0 Å². The second-order valence-corrected chi connectivity index (χ2v) is 10.9.